The quantitative estimate of drug-likeness (QED) is 0.914. The molecule has 6 heteroatoms. The third kappa shape index (κ3) is 3.71. The Morgan fingerprint density at radius 1 is 1.35 bits per heavy atom. The summed E-state index contributed by atoms with van der Waals surface area (Å²) in [5.41, 5.74) is 1.77. The van der Waals surface area contributed by atoms with Crippen molar-refractivity contribution in [2.24, 2.45) is 5.92 Å². The van der Waals surface area contributed by atoms with E-state index in [2.05, 4.69) is 9.88 Å². The second-order valence-electron chi connectivity index (χ2n) is 5.76. The van der Waals surface area contributed by atoms with Crippen LogP contribution in [-0.4, -0.2) is 41.2 Å². The monoisotopic (exact) mass is 316 g/mol. The summed E-state index contributed by atoms with van der Waals surface area (Å²) in [6.45, 7) is 2.25. The predicted molar refractivity (Wildman–Crippen MR) is 84.1 cm³/mol. The molecule has 1 N–H and O–H groups in total. The van der Waals surface area contributed by atoms with E-state index in [0.29, 0.717) is 25.3 Å². The molecule has 3 rings (SSSR count). The van der Waals surface area contributed by atoms with Crippen LogP contribution in [0.3, 0.4) is 0 Å². The number of piperidine rings is 1. The summed E-state index contributed by atoms with van der Waals surface area (Å²) < 4.78 is 10.7. The van der Waals surface area contributed by atoms with E-state index in [0.717, 1.165) is 30.1 Å². The molecule has 6 nitrogen and oxygen atoms in total. The molecule has 122 valence electrons. The molecule has 0 unspecified atom stereocenters. The van der Waals surface area contributed by atoms with Crippen LogP contribution in [0.2, 0.25) is 0 Å². The van der Waals surface area contributed by atoms with Crippen LogP contribution in [0.1, 0.15) is 18.5 Å². The highest BCUT2D eigenvalue weighted by atomic mass is 16.5. The summed E-state index contributed by atoms with van der Waals surface area (Å²) >= 11 is 0. The van der Waals surface area contributed by atoms with Gasteiger partial charge >= 0.3 is 5.97 Å². The highest BCUT2D eigenvalue weighted by molar-refractivity contribution is 5.70. The molecule has 1 aliphatic heterocycles. The number of rotatable bonds is 5. The van der Waals surface area contributed by atoms with Crippen LogP contribution in [0.25, 0.3) is 11.5 Å². The van der Waals surface area contributed by atoms with Gasteiger partial charge in [0.05, 0.1) is 18.7 Å². The molecule has 1 aliphatic rings. The van der Waals surface area contributed by atoms with E-state index in [1.165, 1.54) is 0 Å². The van der Waals surface area contributed by atoms with Crippen molar-refractivity contribution >= 4 is 5.97 Å². The van der Waals surface area contributed by atoms with Gasteiger partial charge in [0, 0.05) is 12.1 Å². The molecule has 2 aromatic rings. The minimum absolute atomic E-state index is 0.210. The zero-order chi connectivity index (χ0) is 16.2. The number of aliphatic carboxylic acids is 1. The first-order chi connectivity index (χ1) is 11.2. The Labute approximate surface area is 134 Å². The molecule has 1 aromatic carbocycles. The first-order valence-corrected chi connectivity index (χ1v) is 7.69. The Hall–Kier alpha value is -2.34. The number of methoxy groups -OCH3 is 1. The van der Waals surface area contributed by atoms with E-state index >= 15 is 0 Å². The van der Waals surface area contributed by atoms with Crippen molar-refractivity contribution in [3.05, 3.63) is 36.2 Å². The molecule has 23 heavy (non-hydrogen) atoms. The Morgan fingerprint density at radius 2 is 2.04 bits per heavy atom. The largest absolute Gasteiger partial charge is 0.497 e. The SMILES string of the molecule is COc1ccc(-c2nc(CN3CCC(C(=O)O)CC3)co2)cc1. The highest BCUT2D eigenvalue weighted by Gasteiger charge is 2.24. The summed E-state index contributed by atoms with van der Waals surface area (Å²) in [5, 5.41) is 9.03. The lowest BCUT2D eigenvalue weighted by atomic mass is 9.97. The van der Waals surface area contributed by atoms with E-state index in [-0.39, 0.29) is 5.92 Å². The van der Waals surface area contributed by atoms with Gasteiger partial charge in [0.15, 0.2) is 0 Å². The van der Waals surface area contributed by atoms with Crippen molar-refractivity contribution in [3.8, 4) is 17.2 Å². The molecule has 0 amide bonds. The van der Waals surface area contributed by atoms with Gasteiger partial charge in [0.25, 0.3) is 0 Å². The van der Waals surface area contributed by atoms with Gasteiger partial charge in [0.2, 0.25) is 5.89 Å². The molecule has 1 saturated heterocycles. The first kappa shape index (κ1) is 15.6. The van der Waals surface area contributed by atoms with Crippen LogP contribution in [0, 0.1) is 5.92 Å². The molecule has 0 spiro atoms. The fourth-order valence-corrected chi connectivity index (χ4v) is 2.81. The lowest BCUT2D eigenvalue weighted by molar-refractivity contribution is -0.143. The molecule has 0 bridgehead atoms. The van der Waals surface area contributed by atoms with Gasteiger partial charge in [0.1, 0.15) is 12.0 Å². The number of aromatic nitrogens is 1. The molecule has 0 atom stereocenters. The zero-order valence-electron chi connectivity index (χ0n) is 13.1. The van der Waals surface area contributed by atoms with Crippen LogP contribution in [0.5, 0.6) is 5.75 Å². The van der Waals surface area contributed by atoms with Crippen molar-refractivity contribution in [2.45, 2.75) is 19.4 Å². The number of carboxylic acids is 1. The zero-order valence-corrected chi connectivity index (χ0v) is 13.1. The van der Waals surface area contributed by atoms with Gasteiger partial charge < -0.3 is 14.3 Å². The topological polar surface area (TPSA) is 75.8 Å². The number of hydrogen-bond acceptors (Lipinski definition) is 5. The lowest BCUT2D eigenvalue weighted by Gasteiger charge is -2.29. The van der Waals surface area contributed by atoms with Crippen molar-refractivity contribution < 1.29 is 19.1 Å². The second-order valence-corrected chi connectivity index (χ2v) is 5.76. The maximum absolute atomic E-state index is 11.0. The fraction of sp³-hybridized carbons (Fsp3) is 0.412. The Balaban J connectivity index is 1.60. The average molecular weight is 316 g/mol. The molecule has 1 fully saturated rings. The lowest BCUT2D eigenvalue weighted by Crippen LogP contribution is -2.35. The van der Waals surface area contributed by atoms with Gasteiger partial charge in [-0.15, -0.1) is 0 Å². The highest BCUT2D eigenvalue weighted by Crippen LogP contribution is 2.23. The van der Waals surface area contributed by atoms with Crippen LogP contribution in [0.4, 0.5) is 0 Å². The van der Waals surface area contributed by atoms with Crippen LogP contribution in [0.15, 0.2) is 34.9 Å². The number of carbonyl (C=O) groups is 1. The third-order valence-electron chi connectivity index (χ3n) is 4.21. The maximum Gasteiger partial charge on any atom is 0.306 e. The van der Waals surface area contributed by atoms with Gasteiger partial charge in [-0.1, -0.05) is 0 Å². The number of nitrogens with zero attached hydrogens (tertiary/aromatic N) is 2. The smallest absolute Gasteiger partial charge is 0.306 e. The summed E-state index contributed by atoms with van der Waals surface area (Å²) in [4.78, 5) is 17.7. The number of hydrogen-bond donors (Lipinski definition) is 1. The van der Waals surface area contributed by atoms with E-state index in [1.807, 2.05) is 24.3 Å². The van der Waals surface area contributed by atoms with Crippen LogP contribution in [-0.2, 0) is 11.3 Å². The van der Waals surface area contributed by atoms with Gasteiger partial charge in [-0.3, -0.25) is 9.69 Å². The number of benzene rings is 1. The molecule has 0 aliphatic carbocycles. The second kappa shape index (κ2) is 6.83. The van der Waals surface area contributed by atoms with E-state index in [4.69, 9.17) is 14.3 Å². The first-order valence-electron chi connectivity index (χ1n) is 7.69. The Morgan fingerprint density at radius 3 is 2.65 bits per heavy atom. The standard InChI is InChI=1S/C17H20N2O4/c1-22-15-4-2-12(3-5-15)16-18-14(11-23-16)10-19-8-6-13(7-9-19)17(20)21/h2-5,11,13H,6-10H2,1H3,(H,20,21). The minimum Gasteiger partial charge on any atom is -0.497 e. The molecule has 0 radical (unpaired) electrons. The minimum atomic E-state index is -0.687. The molecule has 0 saturated carbocycles. The van der Waals surface area contributed by atoms with E-state index < -0.39 is 5.97 Å². The van der Waals surface area contributed by atoms with Crippen molar-refractivity contribution in [1.29, 1.82) is 0 Å². The summed E-state index contributed by atoms with van der Waals surface area (Å²) in [6.07, 6.45) is 3.06. The van der Waals surface area contributed by atoms with Gasteiger partial charge in [-0.05, 0) is 50.2 Å². The van der Waals surface area contributed by atoms with E-state index in [1.54, 1.807) is 13.4 Å². The Bertz CT molecular complexity index is 657. The van der Waals surface area contributed by atoms with Crippen molar-refractivity contribution in [3.63, 3.8) is 0 Å². The molecular weight excluding hydrogens is 296 g/mol. The normalized spacial score (nSPS) is 16.4. The van der Waals surface area contributed by atoms with Crippen molar-refractivity contribution in [1.82, 2.24) is 9.88 Å². The fourth-order valence-electron chi connectivity index (χ4n) is 2.81. The number of carboxylic acid groups (broad SMARTS) is 1. The van der Waals surface area contributed by atoms with Crippen LogP contribution < -0.4 is 4.74 Å². The number of ether oxygens (including phenoxy) is 1. The van der Waals surface area contributed by atoms with E-state index in [9.17, 15) is 4.79 Å². The Kier molecular flexibility index (Phi) is 4.62. The van der Waals surface area contributed by atoms with Gasteiger partial charge in [-0.2, -0.15) is 0 Å². The summed E-state index contributed by atoms with van der Waals surface area (Å²) in [7, 11) is 1.63. The van der Waals surface area contributed by atoms with Crippen LogP contribution >= 0.6 is 0 Å². The average Bonchev–Trinajstić information content (AvgIpc) is 3.04. The number of oxazole rings is 1. The predicted octanol–water partition coefficient (Wildman–Crippen LogP) is 2.65. The van der Waals surface area contributed by atoms with Crippen molar-refractivity contribution in [2.75, 3.05) is 20.2 Å². The summed E-state index contributed by atoms with van der Waals surface area (Å²) in [6, 6.07) is 7.56. The molecular formula is C17H20N2O4. The van der Waals surface area contributed by atoms with Gasteiger partial charge in [-0.25, -0.2) is 4.98 Å². The third-order valence-corrected chi connectivity index (χ3v) is 4.21. The maximum atomic E-state index is 11.0. The summed E-state index contributed by atoms with van der Waals surface area (Å²) in [5.74, 6) is 0.483. The molecule has 1 aromatic heterocycles. The number of likely N-dealkylation sites (tertiary alicyclic amines) is 1. The molecule has 2 heterocycles.